The quantitative estimate of drug-likeness (QED) is 0.646. The molecule has 0 aliphatic rings. The Morgan fingerprint density at radius 3 is 2.09 bits per heavy atom. The molecule has 0 bridgehead atoms. The molecule has 11 heavy (non-hydrogen) atoms. The molecule has 0 amide bonds. The second kappa shape index (κ2) is 3.46. The van der Waals surface area contributed by atoms with Crippen molar-refractivity contribution in [3.05, 3.63) is 24.3 Å². The van der Waals surface area contributed by atoms with Crippen LogP contribution in [0.1, 0.15) is 32.5 Å². The van der Waals surface area contributed by atoms with Crippen LogP contribution in [-0.2, 0) is 0 Å². The van der Waals surface area contributed by atoms with E-state index in [4.69, 9.17) is 0 Å². The van der Waals surface area contributed by atoms with Crippen molar-refractivity contribution in [2.24, 2.45) is 5.92 Å². The van der Waals surface area contributed by atoms with Crippen molar-refractivity contribution in [1.29, 1.82) is 0 Å². The molecule has 0 aliphatic heterocycles. The monoisotopic (exact) mass is 150 g/mol. The van der Waals surface area contributed by atoms with E-state index in [1.807, 2.05) is 6.07 Å². The van der Waals surface area contributed by atoms with Gasteiger partial charge in [0.25, 0.3) is 0 Å². The van der Waals surface area contributed by atoms with Crippen LogP contribution < -0.4 is 0 Å². The fourth-order valence-electron chi connectivity index (χ4n) is 0.844. The van der Waals surface area contributed by atoms with Gasteiger partial charge in [-0.3, -0.25) is 0 Å². The summed E-state index contributed by atoms with van der Waals surface area (Å²) >= 11 is 0. The zero-order chi connectivity index (χ0) is 8.27. The van der Waals surface area contributed by atoms with Gasteiger partial charge in [-0.2, -0.15) is 0 Å². The zero-order valence-electron chi connectivity index (χ0n) is 7.28. The minimum Gasteiger partial charge on any atom is -0.241 e. The molecule has 0 aromatic carbocycles. The number of hydrogen-bond acceptors (Lipinski definition) is 2. The van der Waals surface area contributed by atoms with Crippen LogP contribution >= 0.6 is 0 Å². The molecule has 0 aliphatic carbocycles. The molecule has 0 saturated carbocycles. The summed E-state index contributed by atoms with van der Waals surface area (Å²) in [5.74, 6) is 2.01. The predicted molar refractivity (Wildman–Crippen MR) is 45.3 cm³/mol. The summed E-state index contributed by atoms with van der Waals surface area (Å²) in [5, 5.41) is 0. The van der Waals surface area contributed by atoms with E-state index < -0.39 is 0 Å². The van der Waals surface area contributed by atoms with Crippen LogP contribution in [0, 0.1) is 5.92 Å². The van der Waals surface area contributed by atoms with Crippen molar-refractivity contribution in [3.8, 4) is 0 Å². The summed E-state index contributed by atoms with van der Waals surface area (Å²) in [5.41, 5.74) is 0. The summed E-state index contributed by atoms with van der Waals surface area (Å²) in [6.07, 6.45) is 3.59. The molecule has 0 fully saturated rings. The van der Waals surface area contributed by atoms with Gasteiger partial charge in [0.05, 0.1) is 0 Å². The molecular weight excluding hydrogens is 136 g/mol. The Hall–Kier alpha value is -0.920. The maximum atomic E-state index is 4.19. The summed E-state index contributed by atoms with van der Waals surface area (Å²) < 4.78 is 0. The van der Waals surface area contributed by atoms with E-state index in [1.54, 1.807) is 12.4 Å². The lowest BCUT2D eigenvalue weighted by Gasteiger charge is -2.12. The minimum absolute atomic E-state index is 0.455. The molecule has 2 heteroatoms. The molecule has 0 saturated heterocycles. The van der Waals surface area contributed by atoms with Gasteiger partial charge in [0.1, 0.15) is 5.82 Å². The lowest BCUT2D eigenvalue weighted by Crippen LogP contribution is -2.05. The van der Waals surface area contributed by atoms with Gasteiger partial charge in [-0.1, -0.05) is 20.8 Å². The topological polar surface area (TPSA) is 25.8 Å². The highest BCUT2D eigenvalue weighted by Crippen LogP contribution is 2.18. The molecule has 1 aromatic rings. The van der Waals surface area contributed by atoms with Crippen LogP contribution in [0.2, 0.25) is 0 Å². The SMILES string of the molecule is CC(C)C(C)c1ncccn1. The third kappa shape index (κ3) is 2.00. The lowest BCUT2D eigenvalue weighted by molar-refractivity contribution is 0.510. The molecular formula is C9H14N2. The van der Waals surface area contributed by atoms with Gasteiger partial charge in [-0.25, -0.2) is 9.97 Å². The van der Waals surface area contributed by atoms with Gasteiger partial charge in [0.2, 0.25) is 0 Å². The molecule has 1 unspecified atom stereocenters. The number of aromatic nitrogens is 2. The first-order valence-electron chi connectivity index (χ1n) is 3.98. The third-order valence-electron chi connectivity index (χ3n) is 1.99. The van der Waals surface area contributed by atoms with Crippen LogP contribution in [0.15, 0.2) is 18.5 Å². The van der Waals surface area contributed by atoms with Crippen LogP contribution in [0.3, 0.4) is 0 Å². The first-order chi connectivity index (χ1) is 5.22. The Bertz CT molecular complexity index is 206. The average Bonchev–Trinajstić information content (AvgIpc) is 2.05. The van der Waals surface area contributed by atoms with Crippen LogP contribution in [0.4, 0.5) is 0 Å². The van der Waals surface area contributed by atoms with Gasteiger partial charge < -0.3 is 0 Å². The molecule has 60 valence electrons. The molecule has 1 aromatic heterocycles. The van der Waals surface area contributed by atoms with Crippen molar-refractivity contribution in [3.63, 3.8) is 0 Å². The van der Waals surface area contributed by atoms with E-state index in [0.717, 1.165) is 5.82 Å². The van der Waals surface area contributed by atoms with Crippen molar-refractivity contribution >= 4 is 0 Å². The second-order valence-electron chi connectivity index (χ2n) is 3.14. The Morgan fingerprint density at radius 1 is 1.09 bits per heavy atom. The standard InChI is InChI=1S/C9H14N2/c1-7(2)8(3)9-10-5-4-6-11-9/h4-8H,1-3H3. The molecule has 1 heterocycles. The Kier molecular flexibility index (Phi) is 2.58. The van der Waals surface area contributed by atoms with Crippen LogP contribution in [-0.4, -0.2) is 9.97 Å². The summed E-state index contributed by atoms with van der Waals surface area (Å²) in [7, 11) is 0. The highest BCUT2D eigenvalue weighted by molar-refractivity contribution is 4.96. The van der Waals surface area contributed by atoms with Crippen molar-refractivity contribution in [2.75, 3.05) is 0 Å². The highest BCUT2D eigenvalue weighted by atomic mass is 14.9. The van der Waals surface area contributed by atoms with Gasteiger partial charge in [-0.15, -0.1) is 0 Å². The van der Waals surface area contributed by atoms with Gasteiger partial charge in [0.15, 0.2) is 0 Å². The first-order valence-corrected chi connectivity index (χ1v) is 3.98. The average molecular weight is 150 g/mol. The molecule has 2 nitrogen and oxygen atoms in total. The van der Waals surface area contributed by atoms with E-state index in [2.05, 4.69) is 30.7 Å². The number of hydrogen-bond donors (Lipinski definition) is 0. The maximum absolute atomic E-state index is 4.19. The molecule has 1 atom stereocenters. The summed E-state index contributed by atoms with van der Waals surface area (Å²) in [6.45, 7) is 6.52. The van der Waals surface area contributed by atoms with E-state index in [9.17, 15) is 0 Å². The summed E-state index contributed by atoms with van der Waals surface area (Å²) in [6, 6.07) is 1.84. The second-order valence-corrected chi connectivity index (χ2v) is 3.14. The smallest absolute Gasteiger partial charge is 0.131 e. The van der Waals surface area contributed by atoms with E-state index in [1.165, 1.54) is 0 Å². The molecule has 0 N–H and O–H groups in total. The van der Waals surface area contributed by atoms with Gasteiger partial charge in [0, 0.05) is 18.3 Å². The van der Waals surface area contributed by atoms with Gasteiger partial charge >= 0.3 is 0 Å². The fraction of sp³-hybridized carbons (Fsp3) is 0.556. The third-order valence-corrected chi connectivity index (χ3v) is 1.99. The van der Waals surface area contributed by atoms with Crippen LogP contribution in [0.25, 0.3) is 0 Å². The number of nitrogens with zero attached hydrogens (tertiary/aromatic N) is 2. The Balaban J connectivity index is 2.77. The lowest BCUT2D eigenvalue weighted by atomic mass is 9.97. The Morgan fingerprint density at radius 2 is 1.64 bits per heavy atom. The normalized spacial score (nSPS) is 13.5. The van der Waals surface area contributed by atoms with Crippen molar-refractivity contribution < 1.29 is 0 Å². The minimum atomic E-state index is 0.455. The van der Waals surface area contributed by atoms with E-state index in [-0.39, 0.29) is 0 Å². The first kappa shape index (κ1) is 8.18. The summed E-state index contributed by atoms with van der Waals surface area (Å²) in [4.78, 5) is 8.38. The number of rotatable bonds is 2. The van der Waals surface area contributed by atoms with E-state index in [0.29, 0.717) is 11.8 Å². The van der Waals surface area contributed by atoms with Crippen molar-refractivity contribution in [2.45, 2.75) is 26.7 Å². The zero-order valence-corrected chi connectivity index (χ0v) is 7.28. The molecule has 1 rings (SSSR count). The largest absolute Gasteiger partial charge is 0.241 e. The van der Waals surface area contributed by atoms with Crippen LogP contribution in [0.5, 0.6) is 0 Å². The molecule has 0 radical (unpaired) electrons. The van der Waals surface area contributed by atoms with Crippen molar-refractivity contribution in [1.82, 2.24) is 9.97 Å². The highest BCUT2D eigenvalue weighted by Gasteiger charge is 2.11. The fourth-order valence-corrected chi connectivity index (χ4v) is 0.844. The van der Waals surface area contributed by atoms with Gasteiger partial charge in [-0.05, 0) is 12.0 Å². The molecule has 0 spiro atoms. The Labute approximate surface area is 67.7 Å². The van der Waals surface area contributed by atoms with E-state index >= 15 is 0 Å². The predicted octanol–water partition coefficient (Wildman–Crippen LogP) is 2.24. The maximum Gasteiger partial charge on any atom is 0.131 e.